The first-order valence-electron chi connectivity index (χ1n) is 4.75. The van der Waals surface area contributed by atoms with Crippen LogP contribution in [0.25, 0.3) is 0 Å². The Balaban J connectivity index is 2.31. The lowest BCUT2D eigenvalue weighted by Gasteiger charge is -2.29. The van der Waals surface area contributed by atoms with Crippen LogP contribution in [0.3, 0.4) is 0 Å². The molecule has 1 aliphatic rings. The molecule has 0 fully saturated rings. The van der Waals surface area contributed by atoms with E-state index >= 15 is 0 Å². The molecule has 0 aliphatic carbocycles. The van der Waals surface area contributed by atoms with Gasteiger partial charge in [0.25, 0.3) is 0 Å². The molecule has 0 unspecified atom stereocenters. The van der Waals surface area contributed by atoms with E-state index in [-0.39, 0.29) is 5.92 Å². The first-order valence-corrected chi connectivity index (χ1v) is 4.75. The lowest BCUT2D eigenvalue weighted by molar-refractivity contribution is -0.139. The molecule has 1 heterocycles. The number of benzene rings is 1. The Morgan fingerprint density at radius 3 is 2.93 bits per heavy atom. The van der Waals surface area contributed by atoms with Gasteiger partial charge in [0.15, 0.2) is 0 Å². The lowest BCUT2D eigenvalue weighted by Crippen LogP contribution is -2.39. The van der Waals surface area contributed by atoms with Crippen LogP contribution in [0.1, 0.15) is 12.5 Å². The summed E-state index contributed by atoms with van der Waals surface area (Å²) >= 11 is 0. The van der Waals surface area contributed by atoms with Gasteiger partial charge >= 0.3 is 5.97 Å². The summed E-state index contributed by atoms with van der Waals surface area (Å²) in [6, 6.07) is 7.41. The third kappa shape index (κ3) is 1.45. The zero-order valence-electron chi connectivity index (χ0n) is 8.03. The number of para-hydroxylation sites is 1. The van der Waals surface area contributed by atoms with E-state index in [0.717, 1.165) is 12.1 Å². The van der Waals surface area contributed by atoms with Gasteiger partial charge in [0, 0.05) is 5.69 Å². The van der Waals surface area contributed by atoms with Gasteiger partial charge in [0.1, 0.15) is 6.04 Å². The zero-order chi connectivity index (χ0) is 10.1. The summed E-state index contributed by atoms with van der Waals surface area (Å²) in [7, 11) is 0. The lowest BCUT2D eigenvalue weighted by atomic mass is 9.89. The molecule has 0 saturated heterocycles. The van der Waals surface area contributed by atoms with Gasteiger partial charge in [-0.05, 0) is 24.0 Å². The summed E-state index contributed by atoms with van der Waals surface area (Å²) in [6.07, 6.45) is 0.833. The van der Waals surface area contributed by atoms with E-state index in [0.29, 0.717) is 0 Å². The van der Waals surface area contributed by atoms with E-state index in [1.165, 1.54) is 5.56 Å². The van der Waals surface area contributed by atoms with Gasteiger partial charge in [0.2, 0.25) is 0 Å². The summed E-state index contributed by atoms with van der Waals surface area (Å²) in [5.74, 6) is -0.630. The standard InChI is InChI=1S/C11H13NO2/c1-7-6-8-4-2-3-5-9(8)12-10(7)11(13)14/h2-5,7,10,12H,6H2,1H3,(H,13,14)/t7-,10+/m1/s1. The zero-order valence-corrected chi connectivity index (χ0v) is 8.03. The van der Waals surface area contributed by atoms with Crippen LogP contribution < -0.4 is 5.32 Å². The number of fused-ring (bicyclic) bond motifs is 1. The Labute approximate surface area is 82.8 Å². The van der Waals surface area contributed by atoms with Gasteiger partial charge in [-0.2, -0.15) is 0 Å². The van der Waals surface area contributed by atoms with Gasteiger partial charge in [-0.3, -0.25) is 0 Å². The van der Waals surface area contributed by atoms with Crippen molar-refractivity contribution in [2.24, 2.45) is 5.92 Å². The number of rotatable bonds is 1. The number of aliphatic carboxylic acids is 1. The Hall–Kier alpha value is -1.51. The number of anilines is 1. The normalized spacial score (nSPS) is 24.9. The number of carboxylic acid groups (broad SMARTS) is 1. The van der Waals surface area contributed by atoms with Gasteiger partial charge in [0.05, 0.1) is 0 Å². The summed E-state index contributed by atoms with van der Waals surface area (Å²) in [5, 5.41) is 12.0. The van der Waals surface area contributed by atoms with Crippen molar-refractivity contribution in [3.8, 4) is 0 Å². The molecule has 1 aromatic rings. The molecule has 1 aliphatic heterocycles. The van der Waals surface area contributed by atoms with Crippen LogP contribution >= 0.6 is 0 Å². The van der Waals surface area contributed by atoms with Crippen molar-refractivity contribution in [2.45, 2.75) is 19.4 Å². The van der Waals surface area contributed by atoms with E-state index in [2.05, 4.69) is 5.32 Å². The van der Waals surface area contributed by atoms with Crippen molar-refractivity contribution in [3.05, 3.63) is 29.8 Å². The molecule has 0 spiro atoms. The second-order valence-corrected chi connectivity index (χ2v) is 3.80. The highest BCUT2D eigenvalue weighted by Crippen LogP contribution is 2.27. The third-order valence-corrected chi connectivity index (χ3v) is 2.71. The minimum atomic E-state index is -0.771. The van der Waals surface area contributed by atoms with Gasteiger partial charge in [-0.15, -0.1) is 0 Å². The van der Waals surface area contributed by atoms with Gasteiger partial charge in [-0.25, -0.2) is 4.79 Å². The van der Waals surface area contributed by atoms with Crippen molar-refractivity contribution in [1.82, 2.24) is 0 Å². The molecule has 0 saturated carbocycles. The van der Waals surface area contributed by atoms with Crippen LogP contribution in [0, 0.1) is 5.92 Å². The molecule has 0 aromatic heterocycles. The SMILES string of the molecule is C[C@@H]1Cc2ccccc2N[C@@H]1C(=O)O. The Kier molecular flexibility index (Phi) is 2.15. The minimum Gasteiger partial charge on any atom is -0.480 e. The molecule has 14 heavy (non-hydrogen) atoms. The molecule has 2 atom stereocenters. The van der Waals surface area contributed by atoms with E-state index in [1.807, 2.05) is 31.2 Å². The van der Waals surface area contributed by atoms with Crippen LogP contribution in [0.15, 0.2) is 24.3 Å². The molecule has 2 N–H and O–H groups in total. The molecule has 74 valence electrons. The van der Waals surface area contributed by atoms with Crippen LogP contribution in [-0.4, -0.2) is 17.1 Å². The highest BCUT2D eigenvalue weighted by Gasteiger charge is 2.29. The quantitative estimate of drug-likeness (QED) is 0.711. The minimum absolute atomic E-state index is 0.141. The van der Waals surface area contributed by atoms with E-state index in [4.69, 9.17) is 5.11 Å². The summed E-state index contributed by atoms with van der Waals surface area (Å²) < 4.78 is 0. The van der Waals surface area contributed by atoms with Crippen LogP contribution in [-0.2, 0) is 11.2 Å². The Bertz CT molecular complexity index is 362. The monoisotopic (exact) mass is 191 g/mol. The largest absolute Gasteiger partial charge is 0.480 e. The average molecular weight is 191 g/mol. The van der Waals surface area contributed by atoms with Crippen LogP contribution in [0.4, 0.5) is 5.69 Å². The maximum atomic E-state index is 10.9. The number of nitrogens with one attached hydrogen (secondary N) is 1. The van der Waals surface area contributed by atoms with Gasteiger partial charge in [-0.1, -0.05) is 25.1 Å². The van der Waals surface area contributed by atoms with E-state index in [9.17, 15) is 4.79 Å². The Morgan fingerprint density at radius 1 is 1.50 bits per heavy atom. The van der Waals surface area contributed by atoms with E-state index < -0.39 is 12.0 Å². The molecule has 0 amide bonds. The molecule has 3 nitrogen and oxygen atoms in total. The summed E-state index contributed by atoms with van der Waals surface area (Å²) in [6.45, 7) is 1.96. The molecule has 0 bridgehead atoms. The number of carboxylic acids is 1. The predicted octanol–water partition coefficient (Wildman–Crippen LogP) is 1.74. The van der Waals surface area contributed by atoms with Crippen molar-refractivity contribution >= 4 is 11.7 Å². The highest BCUT2D eigenvalue weighted by molar-refractivity contribution is 5.79. The van der Waals surface area contributed by atoms with Crippen molar-refractivity contribution < 1.29 is 9.90 Å². The van der Waals surface area contributed by atoms with Crippen LogP contribution in [0.5, 0.6) is 0 Å². The maximum absolute atomic E-state index is 10.9. The molecule has 1 aromatic carbocycles. The Morgan fingerprint density at radius 2 is 2.21 bits per heavy atom. The fourth-order valence-corrected chi connectivity index (χ4v) is 1.92. The van der Waals surface area contributed by atoms with Crippen molar-refractivity contribution in [3.63, 3.8) is 0 Å². The predicted molar refractivity (Wildman–Crippen MR) is 54.4 cm³/mol. The third-order valence-electron chi connectivity index (χ3n) is 2.71. The number of carbonyl (C=O) groups is 1. The van der Waals surface area contributed by atoms with Gasteiger partial charge < -0.3 is 10.4 Å². The van der Waals surface area contributed by atoms with E-state index in [1.54, 1.807) is 0 Å². The molecular weight excluding hydrogens is 178 g/mol. The fraction of sp³-hybridized carbons (Fsp3) is 0.364. The van der Waals surface area contributed by atoms with Crippen molar-refractivity contribution in [2.75, 3.05) is 5.32 Å². The van der Waals surface area contributed by atoms with Crippen LogP contribution in [0.2, 0.25) is 0 Å². The molecule has 3 heteroatoms. The highest BCUT2D eigenvalue weighted by atomic mass is 16.4. The summed E-state index contributed by atoms with van der Waals surface area (Å²) in [4.78, 5) is 10.9. The fourth-order valence-electron chi connectivity index (χ4n) is 1.92. The number of hydrogen-bond acceptors (Lipinski definition) is 2. The summed E-state index contributed by atoms with van der Waals surface area (Å²) in [5.41, 5.74) is 2.16. The second kappa shape index (κ2) is 3.33. The molecule has 0 radical (unpaired) electrons. The first-order chi connectivity index (χ1) is 6.68. The maximum Gasteiger partial charge on any atom is 0.326 e. The average Bonchev–Trinajstić information content (AvgIpc) is 2.16. The van der Waals surface area contributed by atoms with Crippen molar-refractivity contribution in [1.29, 1.82) is 0 Å². The number of hydrogen-bond donors (Lipinski definition) is 2. The topological polar surface area (TPSA) is 49.3 Å². The second-order valence-electron chi connectivity index (χ2n) is 3.80. The molecular formula is C11H13NO2. The molecule has 2 rings (SSSR count). The first kappa shape index (κ1) is 9.06. The smallest absolute Gasteiger partial charge is 0.326 e.